The third kappa shape index (κ3) is 3.39. The van der Waals surface area contributed by atoms with Crippen molar-refractivity contribution in [2.75, 3.05) is 0 Å². The van der Waals surface area contributed by atoms with Gasteiger partial charge in [0.25, 0.3) is 10.0 Å². The smallest absolute Gasteiger partial charge is 0.250 e. The molecule has 1 rings (SSSR count). The molecule has 0 bridgehead atoms. The highest BCUT2D eigenvalue weighted by molar-refractivity contribution is 7.91. The molecule has 1 unspecified atom stereocenters. The molecule has 4 nitrogen and oxygen atoms in total. The SMILES string of the molecule is CCC(NS(=O)(=O)c1ccc(Cl)s1)C(N)=S. The van der Waals surface area contributed by atoms with Gasteiger partial charge in [-0.05, 0) is 18.6 Å². The Morgan fingerprint density at radius 1 is 1.69 bits per heavy atom. The number of thiocarbonyl (C=S) groups is 1. The molecule has 0 fully saturated rings. The van der Waals surface area contributed by atoms with Crippen LogP contribution in [-0.4, -0.2) is 19.4 Å². The second-order valence-electron chi connectivity index (χ2n) is 3.04. The van der Waals surface area contributed by atoms with Gasteiger partial charge in [-0.2, -0.15) is 0 Å². The van der Waals surface area contributed by atoms with E-state index in [1.165, 1.54) is 12.1 Å². The van der Waals surface area contributed by atoms with Gasteiger partial charge in [-0.25, -0.2) is 13.1 Å². The monoisotopic (exact) mass is 298 g/mol. The fraction of sp³-hybridized carbons (Fsp3) is 0.375. The van der Waals surface area contributed by atoms with Crippen LogP contribution in [0.5, 0.6) is 0 Å². The van der Waals surface area contributed by atoms with E-state index in [9.17, 15) is 8.42 Å². The largest absolute Gasteiger partial charge is 0.392 e. The zero-order valence-electron chi connectivity index (χ0n) is 8.44. The lowest BCUT2D eigenvalue weighted by molar-refractivity contribution is 0.574. The van der Waals surface area contributed by atoms with Crippen molar-refractivity contribution in [3.8, 4) is 0 Å². The summed E-state index contributed by atoms with van der Waals surface area (Å²) in [6.45, 7) is 1.80. The summed E-state index contributed by atoms with van der Waals surface area (Å²) in [5.74, 6) is 0. The van der Waals surface area contributed by atoms with Crippen molar-refractivity contribution in [2.45, 2.75) is 23.6 Å². The maximum Gasteiger partial charge on any atom is 0.250 e. The first-order chi connectivity index (χ1) is 7.36. The molecule has 0 saturated heterocycles. The zero-order valence-corrected chi connectivity index (χ0v) is 11.6. The molecule has 0 aliphatic carbocycles. The second-order valence-corrected chi connectivity index (χ2v) is 7.17. The van der Waals surface area contributed by atoms with Crippen LogP contribution in [0.2, 0.25) is 4.34 Å². The van der Waals surface area contributed by atoms with Crippen LogP contribution >= 0.6 is 35.2 Å². The highest BCUT2D eigenvalue weighted by Gasteiger charge is 2.22. The van der Waals surface area contributed by atoms with Gasteiger partial charge in [0.15, 0.2) is 0 Å². The molecule has 90 valence electrons. The van der Waals surface area contributed by atoms with Gasteiger partial charge in [0.2, 0.25) is 0 Å². The van der Waals surface area contributed by atoms with Gasteiger partial charge in [-0.15, -0.1) is 11.3 Å². The second kappa shape index (κ2) is 5.42. The van der Waals surface area contributed by atoms with Crippen molar-refractivity contribution in [3.63, 3.8) is 0 Å². The van der Waals surface area contributed by atoms with Gasteiger partial charge in [0.1, 0.15) is 4.21 Å². The van der Waals surface area contributed by atoms with Gasteiger partial charge < -0.3 is 5.73 Å². The van der Waals surface area contributed by atoms with E-state index < -0.39 is 16.1 Å². The lowest BCUT2D eigenvalue weighted by Gasteiger charge is -2.14. The molecule has 0 amide bonds. The van der Waals surface area contributed by atoms with Crippen molar-refractivity contribution < 1.29 is 8.42 Å². The number of nitrogens with one attached hydrogen (secondary N) is 1. The van der Waals surface area contributed by atoms with Crippen LogP contribution in [-0.2, 0) is 10.0 Å². The Balaban J connectivity index is 2.91. The summed E-state index contributed by atoms with van der Waals surface area (Å²) in [4.78, 5) is 0.133. The van der Waals surface area contributed by atoms with Crippen molar-refractivity contribution >= 4 is 50.2 Å². The predicted octanol–water partition coefficient (Wildman–Crippen LogP) is 1.74. The minimum Gasteiger partial charge on any atom is -0.392 e. The summed E-state index contributed by atoms with van der Waals surface area (Å²) in [5.41, 5.74) is 5.42. The van der Waals surface area contributed by atoms with E-state index in [1.54, 1.807) is 6.92 Å². The molecule has 3 N–H and O–H groups in total. The van der Waals surface area contributed by atoms with E-state index in [2.05, 4.69) is 4.72 Å². The van der Waals surface area contributed by atoms with Gasteiger partial charge in [-0.3, -0.25) is 0 Å². The van der Waals surface area contributed by atoms with E-state index in [1.807, 2.05) is 0 Å². The summed E-state index contributed by atoms with van der Waals surface area (Å²) < 4.78 is 26.7. The molecule has 16 heavy (non-hydrogen) atoms. The highest BCUT2D eigenvalue weighted by atomic mass is 35.5. The number of hydrogen-bond acceptors (Lipinski definition) is 4. The van der Waals surface area contributed by atoms with Crippen LogP contribution < -0.4 is 10.5 Å². The van der Waals surface area contributed by atoms with Crippen LogP contribution in [0, 0.1) is 0 Å². The number of hydrogen-bond donors (Lipinski definition) is 2. The first-order valence-electron chi connectivity index (χ1n) is 4.44. The molecule has 1 aromatic heterocycles. The number of nitrogens with two attached hydrogens (primary N) is 1. The summed E-state index contributed by atoms with van der Waals surface area (Å²) in [5, 5.41) is 0. The van der Waals surface area contributed by atoms with Crippen LogP contribution in [0.25, 0.3) is 0 Å². The molecular weight excluding hydrogens is 288 g/mol. The van der Waals surface area contributed by atoms with Crippen LogP contribution in [0.3, 0.4) is 0 Å². The lowest BCUT2D eigenvalue weighted by atomic mass is 10.2. The molecule has 0 aliphatic heterocycles. The standard InChI is InChI=1S/C8H11ClN2O2S3/c1-2-5(8(10)14)11-16(12,13)7-4-3-6(9)15-7/h3-5,11H,2H2,1H3,(H2,10,14). The Bertz CT molecular complexity index is 483. The topological polar surface area (TPSA) is 72.2 Å². The summed E-state index contributed by atoms with van der Waals surface area (Å²) in [7, 11) is -3.58. The van der Waals surface area contributed by atoms with Crippen LogP contribution in [0.4, 0.5) is 0 Å². The molecule has 0 aliphatic rings. The predicted molar refractivity (Wildman–Crippen MR) is 70.5 cm³/mol. The summed E-state index contributed by atoms with van der Waals surface area (Å²) >= 11 is 11.4. The molecule has 8 heteroatoms. The van der Waals surface area contributed by atoms with Crippen molar-refractivity contribution in [1.82, 2.24) is 4.72 Å². The fourth-order valence-electron chi connectivity index (χ4n) is 1.03. The van der Waals surface area contributed by atoms with Gasteiger partial charge >= 0.3 is 0 Å². The molecule has 0 radical (unpaired) electrons. The molecule has 1 aromatic rings. The highest BCUT2D eigenvalue weighted by Crippen LogP contribution is 2.25. The van der Waals surface area contributed by atoms with Gasteiger partial charge in [-0.1, -0.05) is 30.7 Å². The average Bonchev–Trinajstić information content (AvgIpc) is 2.61. The third-order valence-electron chi connectivity index (χ3n) is 1.86. The Morgan fingerprint density at radius 2 is 2.31 bits per heavy atom. The molecule has 1 heterocycles. The maximum absolute atomic E-state index is 11.8. The minimum absolute atomic E-state index is 0.133. The Morgan fingerprint density at radius 3 is 2.69 bits per heavy atom. The normalized spacial score (nSPS) is 13.6. The van der Waals surface area contributed by atoms with E-state index in [-0.39, 0.29) is 9.20 Å². The average molecular weight is 299 g/mol. The van der Waals surface area contributed by atoms with Crippen LogP contribution in [0.1, 0.15) is 13.3 Å². The minimum atomic E-state index is -3.58. The van der Waals surface area contributed by atoms with E-state index in [4.69, 9.17) is 29.6 Å². The third-order valence-corrected chi connectivity index (χ3v) is 5.34. The van der Waals surface area contributed by atoms with Gasteiger partial charge in [0.05, 0.1) is 15.4 Å². The molecule has 0 spiro atoms. The van der Waals surface area contributed by atoms with Crippen LogP contribution in [0.15, 0.2) is 16.3 Å². The quantitative estimate of drug-likeness (QED) is 0.812. The number of rotatable bonds is 5. The van der Waals surface area contributed by atoms with E-state index in [0.717, 1.165) is 11.3 Å². The first kappa shape index (κ1) is 13.9. The molecular formula is C8H11ClN2O2S3. The molecule has 1 atom stereocenters. The summed E-state index contributed by atoms with van der Waals surface area (Å²) in [6.07, 6.45) is 0.508. The number of halogens is 1. The number of sulfonamides is 1. The van der Waals surface area contributed by atoms with Crippen molar-refractivity contribution in [2.24, 2.45) is 5.73 Å². The maximum atomic E-state index is 11.8. The van der Waals surface area contributed by atoms with Crippen molar-refractivity contribution in [3.05, 3.63) is 16.5 Å². The number of thiophene rings is 1. The summed E-state index contributed by atoms with van der Waals surface area (Å²) in [6, 6.07) is 2.45. The lowest BCUT2D eigenvalue weighted by Crippen LogP contribution is -2.42. The fourth-order valence-corrected chi connectivity index (χ4v) is 4.13. The van der Waals surface area contributed by atoms with E-state index >= 15 is 0 Å². The molecule has 0 saturated carbocycles. The first-order valence-corrected chi connectivity index (χ1v) is 7.52. The van der Waals surface area contributed by atoms with Gasteiger partial charge in [0, 0.05) is 0 Å². The van der Waals surface area contributed by atoms with E-state index in [0.29, 0.717) is 10.8 Å². The zero-order chi connectivity index (χ0) is 12.3. The Labute approximate surface area is 109 Å². The Kier molecular flexibility index (Phi) is 4.69. The van der Waals surface area contributed by atoms with Crippen molar-refractivity contribution in [1.29, 1.82) is 0 Å². The Hall–Kier alpha value is -0.210. The molecule has 0 aromatic carbocycles.